The van der Waals surface area contributed by atoms with E-state index in [0.29, 0.717) is 6.54 Å². The zero-order valence-corrected chi connectivity index (χ0v) is 15.3. The largest absolute Gasteiger partial charge is 0.360 e. The highest BCUT2D eigenvalue weighted by Gasteiger charge is 2.11. The Hall–Kier alpha value is -1.88. The second-order valence-corrected chi connectivity index (χ2v) is 6.48. The van der Waals surface area contributed by atoms with E-state index in [9.17, 15) is 10.1 Å². The highest BCUT2D eigenvalue weighted by atomic mass is 79.9. The molecule has 7 heteroatoms. The maximum atomic E-state index is 12.1. The summed E-state index contributed by atoms with van der Waals surface area (Å²) in [4.78, 5) is 14.4. The molecule has 1 amide bonds. The highest BCUT2D eigenvalue weighted by molar-refractivity contribution is 9.10. The first kappa shape index (κ1) is 18.5. The Balaban J connectivity index is 1.83. The minimum absolute atomic E-state index is 0.0656. The molecule has 1 aromatic carbocycles. The van der Waals surface area contributed by atoms with Gasteiger partial charge >= 0.3 is 0 Å². The average Bonchev–Trinajstić information content (AvgIpc) is 2.59. The fourth-order valence-electron chi connectivity index (χ4n) is 2.40. The van der Waals surface area contributed by atoms with Crippen LogP contribution in [0.4, 0.5) is 5.69 Å². The molecule has 0 aliphatic carbocycles. The zero-order valence-electron chi connectivity index (χ0n) is 13.7. The number of carbonyl (C=O) groups is 1. The Morgan fingerprint density at radius 1 is 1.46 bits per heavy atom. The van der Waals surface area contributed by atoms with Crippen LogP contribution in [0.2, 0.25) is 0 Å². The number of rotatable bonds is 6. The summed E-state index contributed by atoms with van der Waals surface area (Å²) in [6.07, 6.45) is 1.45. The summed E-state index contributed by atoms with van der Waals surface area (Å²) >= 11 is 3.44. The van der Waals surface area contributed by atoms with Crippen molar-refractivity contribution in [3.8, 4) is 6.07 Å². The molecule has 128 valence electrons. The Kier molecular flexibility index (Phi) is 7.25. The number of aryl methyl sites for hydroxylation is 1. The van der Waals surface area contributed by atoms with Gasteiger partial charge in [0.25, 0.3) is 5.91 Å². The van der Waals surface area contributed by atoms with Gasteiger partial charge in [0.05, 0.1) is 0 Å². The molecule has 2 rings (SSSR count). The third kappa shape index (κ3) is 5.64. The van der Waals surface area contributed by atoms with E-state index in [-0.39, 0.29) is 11.5 Å². The van der Waals surface area contributed by atoms with Crippen molar-refractivity contribution in [3.63, 3.8) is 0 Å². The molecule has 3 N–H and O–H groups in total. The number of halogens is 1. The van der Waals surface area contributed by atoms with E-state index in [4.69, 9.17) is 0 Å². The molecule has 6 nitrogen and oxygen atoms in total. The Bertz CT molecular complexity index is 647. The third-order valence-corrected chi connectivity index (χ3v) is 4.72. The van der Waals surface area contributed by atoms with Crippen molar-refractivity contribution in [2.75, 3.05) is 44.6 Å². The van der Waals surface area contributed by atoms with Gasteiger partial charge in [0.15, 0.2) is 0 Å². The lowest BCUT2D eigenvalue weighted by molar-refractivity contribution is -0.117. The zero-order chi connectivity index (χ0) is 17.4. The van der Waals surface area contributed by atoms with Crippen LogP contribution in [0, 0.1) is 18.3 Å². The van der Waals surface area contributed by atoms with Crippen LogP contribution in [0.3, 0.4) is 0 Å². The van der Waals surface area contributed by atoms with Crippen LogP contribution >= 0.6 is 15.9 Å². The van der Waals surface area contributed by atoms with Gasteiger partial charge < -0.3 is 16.0 Å². The van der Waals surface area contributed by atoms with Gasteiger partial charge in [-0.25, -0.2) is 0 Å². The molecule has 0 spiro atoms. The minimum atomic E-state index is -0.353. The van der Waals surface area contributed by atoms with Crippen LogP contribution in [0.5, 0.6) is 0 Å². The lowest BCUT2D eigenvalue weighted by Gasteiger charge is -2.27. The maximum Gasteiger partial charge on any atom is 0.263 e. The van der Waals surface area contributed by atoms with Crippen LogP contribution in [-0.2, 0) is 4.79 Å². The van der Waals surface area contributed by atoms with E-state index >= 15 is 0 Å². The van der Waals surface area contributed by atoms with Crippen LogP contribution in [-0.4, -0.2) is 50.1 Å². The number of benzene rings is 1. The molecule has 0 atom stereocenters. The summed E-state index contributed by atoms with van der Waals surface area (Å²) < 4.78 is 1.02. The molecule has 0 saturated carbocycles. The third-order valence-electron chi connectivity index (χ3n) is 3.83. The number of nitrogens with one attached hydrogen (secondary N) is 3. The van der Waals surface area contributed by atoms with Crippen molar-refractivity contribution in [3.05, 3.63) is 40.0 Å². The van der Waals surface area contributed by atoms with Crippen molar-refractivity contribution in [2.45, 2.75) is 6.92 Å². The first-order valence-electron chi connectivity index (χ1n) is 7.94. The molecular formula is C17H22BrN5O. The molecule has 1 aliphatic rings. The van der Waals surface area contributed by atoms with Gasteiger partial charge in [-0.3, -0.25) is 9.69 Å². The monoisotopic (exact) mass is 391 g/mol. The van der Waals surface area contributed by atoms with Gasteiger partial charge in [0.2, 0.25) is 0 Å². The number of nitriles is 1. The predicted molar refractivity (Wildman–Crippen MR) is 98.5 cm³/mol. The molecule has 1 saturated heterocycles. The molecule has 1 aromatic rings. The number of piperazine rings is 1. The van der Waals surface area contributed by atoms with Crippen LogP contribution < -0.4 is 16.0 Å². The molecule has 0 bridgehead atoms. The van der Waals surface area contributed by atoms with Crippen molar-refractivity contribution in [1.29, 1.82) is 5.26 Å². The molecule has 1 aliphatic heterocycles. The second-order valence-electron chi connectivity index (χ2n) is 5.63. The standard InChI is InChI=1S/C17H22BrN5O/c1-13-10-15(2-3-16(13)18)22-12-14(11-19)17(24)21-6-9-23-7-4-20-5-8-23/h2-3,10,12,20,22H,4-9H2,1H3,(H,21,24)/b14-12-. The molecule has 0 unspecified atom stereocenters. The average molecular weight is 392 g/mol. The van der Waals surface area contributed by atoms with Crippen molar-refractivity contribution in [2.24, 2.45) is 0 Å². The van der Waals surface area contributed by atoms with Crippen molar-refractivity contribution < 1.29 is 4.79 Å². The maximum absolute atomic E-state index is 12.1. The van der Waals surface area contributed by atoms with E-state index < -0.39 is 0 Å². The van der Waals surface area contributed by atoms with E-state index in [0.717, 1.165) is 48.4 Å². The Labute approximate surface area is 151 Å². The van der Waals surface area contributed by atoms with E-state index in [2.05, 4.69) is 36.8 Å². The lowest BCUT2D eigenvalue weighted by atomic mass is 10.2. The van der Waals surface area contributed by atoms with E-state index in [1.807, 2.05) is 31.2 Å². The number of carbonyl (C=O) groups excluding carboxylic acids is 1. The lowest BCUT2D eigenvalue weighted by Crippen LogP contribution is -2.46. The van der Waals surface area contributed by atoms with Gasteiger partial charge in [-0.2, -0.15) is 5.26 Å². The number of anilines is 1. The molecular weight excluding hydrogens is 370 g/mol. The highest BCUT2D eigenvalue weighted by Crippen LogP contribution is 2.20. The van der Waals surface area contributed by atoms with Gasteiger partial charge in [-0.05, 0) is 30.7 Å². The summed E-state index contributed by atoms with van der Waals surface area (Å²) in [6, 6.07) is 7.68. The van der Waals surface area contributed by atoms with Crippen molar-refractivity contribution in [1.82, 2.24) is 15.5 Å². The number of nitrogens with zero attached hydrogens (tertiary/aromatic N) is 2. The van der Waals surface area contributed by atoms with Gasteiger partial charge in [0.1, 0.15) is 11.6 Å². The molecule has 1 heterocycles. The topological polar surface area (TPSA) is 80.2 Å². The number of hydrogen-bond acceptors (Lipinski definition) is 5. The van der Waals surface area contributed by atoms with Gasteiger partial charge in [-0.15, -0.1) is 0 Å². The molecule has 24 heavy (non-hydrogen) atoms. The van der Waals surface area contributed by atoms with Crippen LogP contribution in [0.15, 0.2) is 34.4 Å². The van der Waals surface area contributed by atoms with E-state index in [1.54, 1.807) is 0 Å². The number of hydrogen-bond donors (Lipinski definition) is 3. The predicted octanol–water partition coefficient (Wildman–Crippen LogP) is 1.60. The van der Waals surface area contributed by atoms with Crippen molar-refractivity contribution >= 4 is 27.5 Å². The SMILES string of the molecule is Cc1cc(N/C=C(/C#N)C(=O)NCCN2CCNCC2)ccc1Br. The van der Waals surface area contributed by atoms with Crippen LogP contribution in [0.1, 0.15) is 5.56 Å². The Morgan fingerprint density at radius 3 is 2.88 bits per heavy atom. The first-order chi connectivity index (χ1) is 11.6. The summed E-state index contributed by atoms with van der Waals surface area (Å²) in [5.74, 6) is -0.353. The first-order valence-corrected chi connectivity index (χ1v) is 8.73. The second kappa shape index (κ2) is 9.42. The fourth-order valence-corrected chi connectivity index (χ4v) is 2.64. The summed E-state index contributed by atoms with van der Waals surface area (Å²) in [7, 11) is 0. The van der Waals surface area contributed by atoms with Crippen LogP contribution in [0.25, 0.3) is 0 Å². The molecule has 1 fully saturated rings. The van der Waals surface area contributed by atoms with Gasteiger partial charge in [0, 0.05) is 55.6 Å². The normalized spacial score (nSPS) is 15.6. The smallest absolute Gasteiger partial charge is 0.263 e. The number of amides is 1. The minimum Gasteiger partial charge on any atom is -0.360 e. The Morgan fingerprint density at radius 2 is 2.21 bits per heavy atom. The summed E-state index contributed by atoms with van der Waals surface area (Å²) in [5.41, 5.74) is 1.97. The molecule has 0 aromatic heterocycles. The quantitative estimate of drug-likeness (QED) is 0.506. The fraction of sp³-hybridized carbons (Fsp3) is 0.412. The summed E-state index contributed by atoms with van der Waals surface area (Å²) in [5, 5.41) is 18.3. The molecule has 0 radical (unpaired) electrons. The van der Waals surface area contributed by atoms with E-state index in [1.165, 1.54) is 6.20 Å². The summed E-state index contributed by atoms with van der Waals surface area (Å²) in [6.45, 7) is 7.25. The van der Waals surface area contributed by atoms with Gasteiger partial charge in [-0.1, -0.05) is 15.9 Å².